The summed E-state index contributed by atoms with van der Waals surface area (Å²) < 4.78 is 10.6. The van der Waals surface area contributed by atoms with Crippen LogP contribution in [-0.2, 0) is 0 Å². The first kappa shape index (κ1) is 25.2. The predicted octanol–water partition coefficient (Wildman–Crippen LogP) is 3.58. The number of benzene rings is 1. The summed E-state index contributed by atoms with van der Waals surface area (Å²) in [5.41, 5.74) is 0.728. The third kappa shape index (κ3) is 7.87. The molecule has 1 fully saturated rings. The summed E-state index contributed by atoms with van der Waals surface area (Å²) in [4.78, 5) is 4.60. The van der Waals surface area contributed by atoms with Crippen LogP contribution in [0.3, 0.4) is 0 Å². The van der Waals surface area contributed by atoms with Gasteiger partial charge in [0.1, 0.15) is 11.5 Å². The topological polar surface area (TPSA) is 75.1 Å². The van der Waals surface area contributed by atoms with Crippen LogP contribution in [0.25, 0.3) is 0 Å². The molecule has 1 aromatic rings. The first-order valence-electron chi connectivity index (χ1n) is 9.58. The maximum Gasteiger partial charge on any atom is 0.191 e. The number of methoxy groups -OCH3 is 2. The van der Waals surface area contributed by atoms with Crippen molar-refractivity contribution in [3.8, 4) is 11.5 Å². The van der Waals surface area contributed by atoms with Crippen LogP contribution in [0.5, 0.6) is 11.5 Å². The molecule has 28 heavy (non-hydrogen) atoms. The van der Waals surface area contributed by atoms with Crippen molar-refractivity contribution in [3.05, 3.63) is 23.8 Å². The van der Waals surface area contributed by atoms with E-state index in [0.29, 0.717) is 22.8 Å². The van der Waals surface area contributed by atoms with Gasteiger partial charge in [0.2, 0.25) is 0 Å². The number of rotatable bonds is 8. The second-order valence-electron chi connectivity index (χ2n) is 6.75. The zero-order valence-electron chi connectivity index (χ0n) is 17.2. The standard InChI is InChI=1S/C20H33N3O3S.HI/c1-5-21-20(23-15-7-6-8-18(11-15)27-4)22-13-19(24)14-9-16(25-2)12-17(10-14)26-3;/h9-10,12,15,18-19,24H,5-8,11,13H2,1-4H3,(H2,21,22,23);1H. The highest BCUT2D eigenvalue weighted by molar-refractivity contribution is 14.0. The van der Waals surface area contributed by atoms with E-state index in [4.69, 9.17) is 9.47 Å². The van der Waals surface area contributed by atoms with Crippen LogP contribution in [0.1, 0.15) is 44.3 Å². The maximum absolute atomic E-state index is 10.6. The van der Waals surface area contributed by atoms with Crippen LogP contribution in [0.2, 0.25) is 0 Å². The Balaban J connectivity index is 0.00000392. The van der Waals surface area contributed by atoms with Gasteiger partial charge in [-0.15, -0.1) is 24.0 Å². The molecule has 1 aliphatic carbocycles. The summed E-state index contributed by atoms with van der Waals surface area (Å²) >= 11 is 1.95. The Bertz CT molecular complexity index is 596. The number of aliphatic hydroxyl groups is 1. The Kier molecular flexibility index (Phi) is 12.0. The molecule has 0 radical (unpaired) electrons. The van der Waals surface area contributed by atoms with Crippen molar-refractivity contribution in [1.82, 2.24) is 10.6 Å². The number of guanidine groups is 1. The quantitative estimate of drug-likeness (QED) is 0.275. The lowest BCUT2D eigenvalue weighted by molar-refractivity contribution is 0.186. The Morgan fingerprint density at radius 3 is 2.50 bits per heavy atom. The fraction of sp³-hybridized carbons (Fsp3) is 0.650. The zero-order valence-corrected chi connectivity index (χ0v) is 20.4. The molecule has 8 heteroatoms. The number of aliphatic hydroxyl groups excluding tert-OH is 1. The van der Waals surface area contributed by atoms with Crippen molar-refractivity contribution in [1.29, 1.82) is 0 Å². The minimum atomic E-state index is -0.727. The van der Waals surface area contributed by atoms with E-state index in [1.807, 2.05) is 30.8 Å². The highest BCUT2D eigenvalue weighted by atomic mass is 127. The van der Waals surface area contributed by atoms with Gasteiger partial charge in [-0.25, -0.2) is 0 Å². The van der Waals surface area contributed by atoms with Crippen molar-refractivity contribution < 1.29 is 14.6 Å². The first-order valence-corrected chi connectivity index (χ1v) is 10.9. The molecule has 6 nitrogen and oxygen atoms in total. The smallest absolute Gasteiger partial charge is 0.191 e. The van der Waals surface area contributed by atoms with Gasteiger partial charge in [-0.3, -0.25) is 4.99 Å². The molecule has 1 aromatic carbocycles. The number of ether oxygens (including phenoxy) is 2. The first-order chi connectivity index (χ1) is 13.1. The summed E-state index contributed by atoms with van der Waals surface area (Å²) in [6, 6.07) is 5.85. The normalized spacial score (nSPS) is 20.7. The molecule has 0 spiro atoms. The Morgan fingerprint density at radius 2 is 1.93 bits per heavy atom. The van der Waals surface area contributed by atoms with Crippen molar-refractivity contribution in [2.45, 2.75) is 50.0 Å². The third-order valence-corrected chi connectivity index (χ3v) is 5.92. The van der Waals surface area contributed by atoms with E-state index in [0.717, 1.165) is 30.9 Å². The number of halogens is 1. The molecule has 3 unspecified atom stereocenters. The van der Waals surface area contributed by atoms with Gasteiger partial charge in [-0.2, -0.15) is 11.8 Å². The number of aliphatic imine (C=N–C) groups is 1. The largest absolute Gasteiger partial charge is 0.497 e. The summed E-state index contributed by atoms with van der Waals surface area (Å²) in [5, 5.41) is 18.1. The van der Waals surface area contributed by atoms with Crippen LogP contribution >= 0.6 is 35.7 Å². The van der Waals surface area contributed by atoms with E-state index in [2.05, 4.69) is 21.9 Å². The third-order valence-electron chi connectivity index (χ3n) is 4.83. The summed E-state index contributed by atoms with van der Waals surface area (Å²) in [5.74, 6) is 2.07. The molecule has 0 amide bonds. The molecule has 0 aromatic heterocycles. The van der Waals surface area contributed by atoms with E-state index >= 15 is 0 Å². The number of nitrogens with one attached hydrogen (secondary N) is 2. The Hall–Kier alpha value is -0.870. The van der Waals surface area contributed by atoms with Gasteiger partial charge >= 0.3 is 0 Å². The summed E-state index contributed by atoms with van der Waals surface area (Å²) in [6.45, 7) is 3.10. The van der Waals surface area contributed by atoms with Crippen LogP contribution in [0, 0.1) is 0 Å². The Labute approximate surface area is 190 Å². The van der Waals surface area contributed by atoms with E-state index in [1.165, 1.54) is 12.8 Å². The summed E-state index contributed by atoms with van der Waals surface area (Å²) in [7, 11) is 3.20. The summed E-state index contributed by atoms with van der Waals surface area (Å²) in [6.07, 6.45) is 6.32. The van der Waals surface area contributed by atoms with Crippen LogP contribution < -0.4 is 20.1 Å². The molecule has 0 saturated heterocycles. The number of hydrogen-bond acceptors (Lipinski definition) is 5. The molecule has 0 bridgehead atoms. The van der Waals surface area contributed by atoms with Crippen molar-refractivity contribution in [2.24, 2.45) is 4.99 Å². The van der Waals surface area contributed by atoms with Crippen molar-refractivity contribution >= 4 is 41.7 Å². The lowest BCUT2D eigenvalue weighted by Crippen LogP contribution is -2.45. The maximum atomic E-state index is 10.6. The molecule has 2 rings (SSSR count). The van der Waals surface area contributed by atoms with E-state index in [-0.39, 0.29) is 30.5 Å². The molecule has 0 aliphatic heterocycles. The van der Waals surface area contributed by atoms with Gasteiger partial charge in [0.15, 0.2) is 5.96 Å². The fourth-order valence-electron chi connectivity index (χ4n) is 3.31. The molecular formula is C20H34IN3O3S. The minimum Gasteiger partial charge on any atom is -0.497 e. The van der Waals surface area contributed by atoms with Crippen LogP contribution in [0.15, 0.2) is 23.2 Å². The second-order valence-corrected chi connectivity index (χ2v) is 7.89. The number of nitrogens with zero attached hydrogens (tertiary/aromatic N) is 1. The van der Waals surface area contributed by atoms with Gasteiger partial charge in [-0.1, -0.05) is 6.42 Å². The molecular weight excluding hydrogens is 489 g/mol. The van der Waals surface area contributed by atoms with Gasteiger partial charge in [0.05, 0.1) is 26.9 Å². The molecule has 3 N–H and O–H groups in total. The fourth-order valence-corrected chi connectivity index (χ4v) is 4.14. The van der Waals surface area contributed by atoms with Gasteiger partial charge < -0.3 is 25.2 Å². The van der Waals surface area contributed by atoms with Crippen LogP contribution in [-0.4, -0.2) is 55.9 Å². The highest BCUT2D eigenvalue weighted by Gasteiger charge is 2.22. The number of thioether (sulfide) groups is 1. The van der Waals surface area contributed by atoms with Crippen LogP contribution in [0.4, 0.5) is 0 Å². The SMILES string of the molecule is CCNC(=NCC(O)c1cc(OC)cc(OC)c1)NC1CCCC(SC)C1.I. The molecule has 0 heterocycles. The highest BCUT2D eigenvalue weighted by Crippen LogP contribution is 2.28. The second kappa shape index (κ2) is 13.4. The van der Waals surface area contributed by atoms with Gasteiger partial charge in [-0.05, 0) is 50.1 Å². The lowest BCUT2D eigenvalue weighted by Gasteiger charge is -2.30. The monoisotopic (exact) mass is 523 g/mol. The number of hydrogen-bond donors (Lipinski definition) is 3. The van der Waals surface area contributed by atoms with E-state index in [9.17, 15) is 5.11 Å². The minimum absolute atomic E-state index is 0. The van der Waals surface area contributed by atoms with E-state index < -0.39 is 6.10 Å². The molecule has 160 valence electrons. The average molecular weight is 523 g/mol. The van der Waals surface area contributed by atoms with Crippen molar-refractivity contribution in [3.63, 3.8) is 0 Å². The lowest BCUT2D eigenvalue weighted by atomic mass is 9.95. The van der Waals surface area contributed by atoms with Crippen molar-refractivity contribution in [2.75, 3.05) is 33.6 Å². The Morgan fingerprint density at radius 1 is 1.25 bits per heavy atom. The predicted molar refractivity (Wildman–Crippen MR) is 129 cm³/mol. The van der Waals surface area contributed by atoms with Gasteiger partial charge in [0, 0.05) is 23.9 Å². The van der Waals surface area contributed by atoms with Gasteiger partial charge in [0.25, 0.3) is 0 Å². The molecule has 1 saturated carbocycles. The molecule has 1 aliphatic rings. The average Bonchev–Trinajstić information content (AvgIpc) is 2.71. The molecule has 3 atom stereocenters. The van der Waals surface area contributed by atoms with E-state index in [1.54, 1.807) is 20.3 Å². The zero-order chi connectivity index (χ0) is 19.6.